The van der Waals surface area contributed by atoms with Crippen LogP contribution in [0.1, 0.15) is 50.6 Å². The second-order valence-electron chi connectivity index (χ2n) is 8.48. The van der Waals surface area contributed by atoms with E-state index in [0.717, 1.165) is 50.6 Å². The third-order valence-electron chi connectivity index (χ3n) is 6.15. The number of anilines is 1. The lowest BCUT2D eigenvalue weighted by Crippen LogP contribution is -2.41. The van der Waals surface area contributed by atoms with Crippen molar-refractivity contribution in [3.63, 3.8) is 0 Å². The highest BCUT2D eigenvalue weighted by Gasteiger charge is 2.26. The number of carbonyl (C=O) groups excluding carboxylic acids is 1. The molecule has 0 unspecified atom stereocenters. The lowest BCUT2D eigenvalue weighted by Gasteiger charge is -2.30. The minimum atomic E-state index is -0.144. The van der Waals surface area contributed by atoms with E-state index in [9.17, 15) is 9.59 Å². The van der Waals surface area contributed by atoms with Crippen LogP contribution < -0.4 is 15.8 Å². The van der Waals surface area contributed by atoms with Gasteiger partial charge in [-0.05, 0) is 58.7 Å². The third kappa shape index (κ3) is 5.18. The molecule has 0 radical (unpaired) electrons. The Kier molecular flexibility index (Phi) is 6.99. The summed E-state index contributed by atoms with van der Waals surface area (Å²) in [6.07, 6.45) is 7.99. The van der Waals surface area contributed by atoms with Crippen molar-refractivity contribution < 1.29 is 4.79 Å². The van der Waals surface area contributed by atoms with Gasteiger partial charge in [0.25, 0.3) is 5.56 Å². The summed E-state index contributed by atoms with van der Waals surface area (Å²) >= 11 is 1.44. The van der Waals surface area contributed by atoms with Crippen LogP contribution in [0.4, 0.5) is 5.13 Å². The van der Waals surface area contributed by atoms with E-state index in [2.05, 4.69) is 25.2 Å². The van der Waals surface area contributed by atoms with Crippen molar-refractivity contribution in [2.24, 2.45) is 5.92 Å². The highest BCUT2D eigenvalue weighted by molar-refractivity contribution is 7.20. The molecule has 2 aromatic rings. The van der Waals surface area contributed by atoms with E-state index in [1.54, 1.807) is 0 Å². The predicted octanol–water partition coefficient (Wildman–Crippen LogP) is 2.06. The van der Waals surface area contributed by atoms with Gasteiger partial charge in [-0.25, -0.2) is 4.98 Å². The van der Waals surface area contributed by atoms with E-state index in [4.69, 9.17) is 0 Å². The molecule has 164 valence electrons. The van der Waals surface area contributed by atoms with Gasteiger partial charge in [0.05, 0.1) is 0 Å². The number of nitrogens with zero attached hydrogens (tertiary/aromatic N) is 5. The first kappa shape index (κ1) is 21.2. The summed E-state index contributed by atoms with van der Waals surface area (Å²) in [5.41, 5.74) is 0.566. The highest BCUT2D eigenvalue weighted by Crippen LogP contribution is 2.26. The number of aryl methyl sites for hydroxylation is 1. The summed E-state index contributed by atoms with van der Waals surface area (Å²) in [6, 6.07) is 1.50. The molecule has 9 heteroatoms. The summed E-state index contributed by atoms with van der Waals surface area (Å²) in [4.78, 5) is 34.4. The van der Waals surface area contributed by atoms with Crippen molar-refractivity contribution in [2.45, 2.75) is 51.9 Å². The minimum Gasteiger partial charge on any atom is -0.356 e. The number of piperidine rings is 1. The molecule has 0 aromatic carbocycles. The number of nitrogens with one attached hydrogen (secondary N) is 1. The van der Waals surface area contributed by atoms with Crippen LogP contribution in [0.2, 0.25) is 0 Å². The SMILES string of the molecule is Cc1cc(=O)n2nc(N3CCC(C(=O)NCCCN4CCCCCC4)CC3)sc2n1. The summed E-state index contributed by atoms with van der Waals surface area (Å²) < 4.78 is 1.37. The molecule has 0 aliphatic carbocycles. The Morgan fingerprint density at radius 1 is 1.17 bits per heavy atom. The number of amides is 1. The van der Waals surface area contributed by atoms with E-state index >= 15 is 0 Å². The number of likely N-dealkylation sites (tertiary alicyclic amines) is 1. The second-order valence-corrected chi connectivity index (χ2v) is 9.41. The Hall–Kier alpha value is -2.00. The number of aromatic nitrogens is 3. The maximum absolute atomic E-state index is 12.6. The molecule has 0 saturated carbocycles. The van der Waals surface area contributed by atoms with Gasteiger partial charge in [0.2, 0.25) is 16.0 Å². The van der Waals surface area contributed by atoms with Crippen LogP contribution in [0.5, 0.6) is 0 Å². The number of hydrogen-bond donors (Lipinski definition) is 1. The zero-order valence-electron chi connectivity index (χ0n) is 17.8. The summed E-state index contributed by atoms with van der Waals surface area (Å²) in [5.74, 6) is 0.250. The summed E-state index contributed by atoms with van der Waals surface area (Å²) in [5, 5.41) is 8.39. The first-order valence-electron chi connectivity index (χ1n) is 11.2. The second kappa shape index (κ2) is 9.87. The van der Waals surface area contributed by atoms with Gasteiger partial charge in [-0.15, -0.1) is 5.10 Å². The van der Waals surface area contributed by atoms with Crippen LogP contribution in [0.15, 0.2) is 10.9 Å². The number of carbonyl (C=O) groups is 1. The minimum absolute atomic E-state index is 0.0666. The molecule has 0 atom stereocenters. The van der Waals surface area contributed by atoms with E-state index in [1.807, 2.05) is 6.92 Å². The number of fused-ring (bicyclic) bond motifs is 1. The van der Waals surface area contributed by atoms with Gasteiger partial charge in [-0.3, -0.25) is 9.59 Å². The fraction of sp³-hybridized carbons (Fsp3) is 0.714. The lowest BCUT2D eigenvalue weighted by molar-refractivity contribution is -0.125. The standard InChI is InChI=1S/C21H32N6O2S/c1-16-15-18(28)27-20(23-16)30-21(24-27)26-13-7-17(8-14-26)19(29)22-9-6-12-25-10-4-2-3-5-11-25/h15,17H,2-14H2,1H3,(H,22,29). The van der Waals surface area contributed by atoms with Gasteiger partial charge >= 0.3 is 0 Å². The quantitative estimate of drug-likeness (QED) is 0.704. The lowest BCUT2D eigenvalue weighted by atomic mass is 9.96. The van der Waals surface area contributed by atoms with Crippen LogP contribution in [0, 0.1) is 12.8 Å². The van der Waals surface area contributed by atoms with Gasteiger partial charge in [-0.2, -0.15) is 4.52 Å². The van der Waals surface area contributed by atoms with Gasteiger partial charge in [0.15, 0.2) is 0 Å². The Balaban J connectivity index is 1.22. The van der Waals surface area contributed by atoms with Crippen LogP contribution in [0.3, 0.4) is 0 Å². The average molecular weight is 433 g/mol. The fourth-order valence-electron chi connectivity index (χ4n) is 4.39. The molecule has 4 heterocycles. The molecule has 2 fully saturated rings. The van der Waals surface area contributed by atoms with Gasteiger partial charge in [-0.1, -0.05) is 24.2 Å². The molecule has 1 amide bonds. The third-order valence-corrected chi connectivity index (χ3v) is 7.12. The van der Waals surface area contributed by atoms with E-state index in [0.29, 0.717) is 10.7 Å². The molecule has 2 aliphatic rings. The molecule has 1 N–H and O–H groups in total. The van der Waals surface area contributed by atoms with Gasteiger partial charge < -0.3 is 15.1 Å². The normalized spacial score (nSPS) is 19.2. The van der Waals surface area contributed by atoms with Crippen molar-refractivity contribution in [2.75, 3.05) is 44.2 Å². The Morgan fingerprint density at radius 2 is 1.90 bits per heavy atom. The Labute approximate surface area is 181 Å². The molecule has 0 spiro atoms. The van der Waals surface area contributed by atoms with E-state index in [-0.39, 0.29) is 17.4 Å². The topological polar surface area (TPSA) is 82.8 Å². The molecule has 30 heavy (non-hydrogen) atoms. The average Bonchev–Trinajstić information content (AvgIpc) is 3.00. The van der Waals surface area contributed by atoms with Crippen molar-refractivity contribution in [3.05, 3.63) is 22.1 Å². The Bertz CT molecular complexity index is 910. The van der Waals surface area contributed by atoms with Crippen LogP contribution in [-0.2, 0) is 4.79 Å². The first-order chi connectivity index (χ1) is 14.6. The van der Waals surface area contributed by atoms with E-state index < -0.39 is 0 Å². The molecule has 2 aliphatic heterocycles. The van der Waals surface area contributed by atoms with Crippen molar-refractivity contribution in [3.8, 4) is 0 Å². The van der Waals surface area contributed by atoms with Crippen LogP contribution in [0.25, 0.3) is 4.96 Å². The predicted molar refractivity (Wildman–Crippen MR) is 119 cm³/mol. The van der Waals surface area contributed by atoms with Crippen molar-refractivity contribution in [1.82, 2.24) is 24.8 Å². The molecule has 8 nitrogen and oxygen atoms in total. The maximum atomic E-state index is 12.6. The zero-order chi connectivity index (χ0) is 20.9. The molecule has 0 bridgehead atoms. The van der Waals surface area contributed by atoms with Crippen LogP contribution >= 0.6 is 11.3 Å². The van der Waals surface area contributed by atoms with Crippen molar-refractivity contribution in [1.29, 1.82) is 0 Å². The van der Waals surface area contributed by atoms with Gasteiger partial charge in [0, 0.05) is 37.3 Å². The highest BCUT2D eigenvalue weighted by atomic mass is 32.1. The van der Waals surface area contributed by atoms with Crippen molar-refractivity contribution >= 4 is 27.3 Å². The van der Waals surface area contributed by atoms with Gasteiger partial charge in [0.1, 0.15) is 0 Å². The molecule has 2 saturated heterocycles. The summed E-state index contributed by atoms with van der Waals surface area (Å²) in [6.45, 7) is 7.64. The molecular weight excluding hydrogens is 400 g/mol. The molecule has 2 aromatic heterocycles. The Morgan fingerprint density at radius 3 is 2.63 bits per heavy atom. The number of rotatable bonds is 6. The molecule has 4 rings (SSSR count). The maximum Gasteiger partial charge on any atom is 0.275 e. The smallest absolute Gasteiger partial charge is 0.275 e. The number of hydrogen-bond acceptors (Lipinski definition) is 7. The first-order valence-corrected chi connectivity index (χ1v) is 12.0. The summed E-state index contributed by atoms with van der Waals surface area (Å²) in [7, 11) is 0. The fourth-order valence-corrected chi connectivity index (χ4v) is 5.39. The monoisotopic (exact) mass is 432 g/mol. The zero-order valence-corrected chi connectivity index (χ0v) is 18.6. The largest absolute Gasteiger partial charge is 0.356 e. The van der Waals surface area contributed by atoms with Crippen LogP contribution in [-0.4, -0.2) is 64.7 Å². The molecular formula is C21H32N6O2S. The van der Waals surface area contributed by atoms with E-state index in [1.165, 1.54) is 60.7 Å².